The van der Waals surface area contributed by atoms with E-state index in [-0.39, 0.29) is 6.98 Å². The lowest BCUT2D eigenvalue weighted by molar-refractivity contribution is 1.32. The van der Waals surface area contributed by atoms with E-state index in [1.807, 2.05) is 11.3 Å². The van der Waals surface area contributed by atoms with Crippen LogP contribution in [0, 0.1) is 0 Å². The van der Waals surface area contributed by atoms with E-state index < -0.39 is 0 Å². The van der Waals surface area contributed by atoms with Gasteiger partial charge in [-0.25, -0.2) is 0 Å². The molecule has 0 fully saturated rings. The first kappa shape index (κ1) is 15.4. The predicted octanol–water partition coefficient (Wildman–Crippen LogP) is 6.38. The summed E-state index contributed by atoms with van der Waals surface area (Å²) in [6, 6.07) is 33.4. The first-order valence-electron chi connectivity index (χ1n) is 10.3. The minimum absolute atomic E-state index is 0.154. The molecule has 0 atom stereocenters. The molecule has 2 nitrogen and oxygen atoms in total. The lowest BCUT2D eigenvalue weighted by atomic mass is 9.61. The number of benzene rings is 4. The van der Waals surface area contributed by atoms with Gasteiger partial charge in [-0.15, -0.1) is 11.3 Å². The summed E-state index contributed by atoms with van der Waals surface area (Å²) in [7, 11) is 0. The molecule has 4 heterocycles. The van der Waals surface area contributed by atoms with Gasteiger partial charge >= 0.3 is 6.98 Å². The van der Waals surface area contributed by atoms with Gasteiger partial charge in [-0.3, -0.25) is 0 Å². The summed E-state index contributed by atoms with van der Waals surface area (Å²) >= 11 is 1.92. The minimum Gasteiger partial charge on any atom is -0.359 e. The van der Waals surface area contributed by atoms with Crippen molar-refractivity contribution in [2.45, 2.75) is 0 Å². The van der Waals surface area contributed by atoms with Crippen LogP contribution < -0.4 is 10.3 Å². The van der Waals surface area contributed by atoms with Gasteiger partial charge in [-0.2, -0.15) is 0 Å². The molecule has 4 heteroatoms. The maximum atomic E-state index is 2.58. The summed E-state index contributed by atoms with van der Waals surface area (Å²) in [5, 5.41) is 5.41. The Kier molecular flexibility index (Phi) is 2.64. The lowest BCUT2D eigenvalue weighted by Crippen LogP contribution is -2.51. The van der Waals surface area contributed by atoms with E-state index in [1.54, 1.807) is 0 Å². The summed E-state index contributed by atoms with van der Waals surface area (Å²) in [6.07, 6.45) is 0. The molecular formula is C26H15BN2S. The second kappa shape index (κ2) is 5.16. The second-order valence-electron chi connectivity index (χ2n) is 8.17. The molecule has 6 aromatic rings. The van der Waals surface area contributed by atoms with E-state index in [0.29, 0.717) is 0 Å². The molecule has 0 bridgehead atoms. The molecule has 0 unspecified atom stereocenters. The third-order valence-electron chi connectivity index (χ3n) is 6.76. The molecule has 30 heavy (non-hydrogen) atoms. The first-order valence-corrected chi connectivity index (χ1v) is 11.2. The van der Waals surface area contributed by atoms with Crippen LogP contribution in [-0.2, 0) is 0 Å². The quantitative estimate of drug-likeness (QED) is 0.269. The number of hydrogen-bond donors (Lipinski definition) is 0. The SMILES string of the molecule is c1ccc2c(c1)B1N(c3sc4ccccc4c3-2)c2cccc3c4ccccc4n1c23. The Labute approximate surface area is 177 Å². The fourth-order valence-corrected chi connectivity index (χ4v) is 6.89. The molecule has 0 N–H and O–H groups in total. The summed E-state index contributed by atoms with van der Waals surface area (Å²) in [5.41, 5.74) is 8.11. The number of anilines is 2. The third kappa shape index (κ3) is 1.62. The van der Waals surface area contributed by atoms with Crippen molar-refractivity contribution < 1.29 is 0 Å². The predicted molar refractivity (Wildman–Crippen MR) is 130 cm³/mol. The summed E-state index contributed by atoms with van der Waals surface area (Å²) < 4.78 is 3.91. The largest absolute Gasteiger partial charge is 0.422 e. The van der Waals surface area contributed by atoms with Gasteiger partial charge in [0.2, 0.25) is 0 Å². The molecule has 0 spiro atoms. The normalized spacial score (nSPS) is 13.9. The molecule has 0 amide bonds. The number of nitrogens with zero attached hydrogens (tertiary/aromatic N) is 2. The van der Waals surface area contributed by atoms with Crippen molar-refractivity contribution in [1.82, 2.24) is 4.48 Å². The van der Waals surface area contributed by atoms with E-state index in [9.17, 15) is 0 Å². The zero-order chi connectivity index (χ0) is 19.4. The van der Waals surface area contributed by atoms with Crippen molar-refractivity contribution in [1.29, 1.82) is 0 Å². The van der Waals surface area contributed by atoms with Gasteiger partial charge in [0.05, 0.1) is 16.2 Å². The Balaban J connectivity index is 1.60. The zero-order valence-electron chi connectivity index (χ0n) is 16.0. The number of aromatic nitrogens is 1. The molecule has 2 aliphatic heterocycles. The Morgan fingerprint density at radius 1 is 0.667 bits per heavy atom. The highest BCUT2D eigenvalue weighted by Gasteiger charge is 2.46. The first-order chi connectivity index (χ1) is 14.9. The van der Waals surface area contributed by atoms with Crippen LogP contribution in [0.3, 0.4) is 0 Å². The number of hydrogen-bond acceptors (Lipinski definition) is 2. The van der Waals surface area contributed by atoms with Gasteiger partial charge < -0.3 is 9.29 Å². The van der Waals surface area contributed by atoms with E-state index in [1.165, 1.54) is 59.2 Å². The standard InChI is InChI=1S/C26H15BN2S/c1-4-12-20-18(9-1)24-19-10-3-6-15-23(19)30-26(24)29-22-14-7-11-17-16-8-2-5-13-21(16)28(25(17)22)27(20)29/h1-15H. The highest BCUT2D eigenvalue weighted by Crippen LogP contribution is 2.53. The number of para-hydroxylation sites is 2. The molecule has 0 saturated carbocycles. The molecule has 0 aliphatic carbocycles. The van der Waals surface area contributed by atoms with Gasteiger partial charge in [0.15, 0.2) is 0 Å². The number of fused-ring (bicyclic) bond motifs is 13. The van der Waals surface area contributed by atoms with Crippen LogP contribution in [0.15, 0.2) is 91.0 Å². The van der Waals surface area contributed by atoms with E-state index in [0.717, 1.165) is 0 Å². The highest BCUT2D eigenvalue weighted by atomic mass is 32.1. The van der Waals surface area contributed by atoms with Crippen molar-refractivity contribution in [3.8, 4) is 11.1 Å². The van der Waals surface area contributed by atoms with E-state index in [2.05, 4.69) is 100 Å². The van der Waals surface area contributed by atoms with Crippen LogP contribution in [0.2, 0.25) is 0 Å². The fourth-order valence-electron chi connectivity index (χ4n) is 5.64. The van der Waals surface area contributed by atoms with E-state index in [4.69, 9.17) is 0 Å². The van der Waals surface area contributed by atoms with Crippen molar-refractivity contribution in [2.24, 2.45) is 0 Å². The minimum atomic E-state index is 0.154. The van der Waals surface area contributed by atoms with Crippen LogP contribution in [0.4, 0.5) is 10.7 Å². The second-order valence-corrected chi connectivity index (χ2v) is 9.20. The van der Waals surface area contributed by atoms with Crippen LogP contribution in [0.1, 0.15) is 0 Å². The average molecular weight is 398 g/mol. The van der Waals surface area contributed by atoms with Crippen LogP contribution in [-0.4, -0.2) is 11.5 Å². The maximum absolute atomic E-state index is 2.58. The van der Waals surface area contributed by atoms with Gasteiger partial charge in [-0.1, -0.05) is 72.8 Å². The number of rotatable bonds is 0. The zero-order valence-corrected chi connectivity index (χ0v) is 16.9. The molecule has 0 saturated heterocycles. The van der Waals surface area contributed by atoms with Crippen molar-refractivity contribution >= 4 is 66.4 Å². The fraction of sp³-hybridized carbons (Fsp3) is 0. The van der Waals surface area contributed by atoms with Crippen LogP contribution >= 0.6 is 11.3 Å². The van der Waals surface area contributed by atoms with Crippen LogP contribution in [0.25, 0.3) is 43.0 Å². The van der Waals surface area contributed by atoms with Gasteiger partial charge in [0.1, 0.15) is 0 Å². The Hall–Kier alpha value is -3.50. The highest BCUT2D eigenvalue weighted by molar-refractivity contribution is 7.24. The monoisotopic (exact) mass is 398 g/mol. The molecule has 4 aromatic carbocycles. The van der Waals surface area contributed by atoms with Crippen molar-refractivity contribution in [3.63, 3.8) is 0 Å². The summed E-state index contributed by atoms with van der Waals surface area (Å²) in [6.45, 7) is 0.154. The molecule has 2 aromatic heterocycles. The smallest absolute Gasteiger partial charge is 0.359 e. The molecule has 2 aliphatic rings. The maximum Gasteiger partial charge on any atom is 0.422 e. The van der Waals surface area contributed by atoms with Gasteiger partial charge in [-0.05, 0) is 29.2 Å². The molecule has 138 valence electrons. The Morgan fingerprint density at radius 2 is 1.43 bits per heavy atom. The molecular weight excluding hydrogens is 383 g/mol. The van der Waals surface area contributed by atoms with Crippen molar-refractivity contribution in [2.75, 3.05) is 4.81 Å². The topological polar surface area (TPSA) is 8.17 Å². The average Bonchev–Trinajstić information content (AvgIpc) is 3.46. The Morgan fingerprint density at radius 3 is 2.40 bits per heavy atom. The van der Waals surface area contributed by atoms with Gasteiger partial charge in [0, 0.05) is 31.9 Å². The summed E-state index contributed by atoms with van der Waals surface area (Å²) in [5.74, 6) is 0. The Bertz CT molecular complexity index is 1680. The lowest BCUT2D eigenvalue weighted by Gasteiger charge is -2.32. The van der Waals surface area contributed by atoms with Crippen molar-refractivity contribution in [3.05, 3.63) is 91.0 Å². The molecule has 8 rings (SSSR count). The van der Waals surface area contributed by atoms with Gasteiger partial charge in [0.25, 0.3) is 0 Å². The molecule has 0 radical (unpaired) electrons. The number of thiophene rings is 1. The summed E-state index contributed by atoms with van der Waals surface area (Å²) in [4.78, 5) is 2.58. The third-order valence-corrected chi connectivity index (χ3v) is 7.93. The van der Waals surface area contributed by atoms with Crippen LogP contribution in [0.5, 0.6) is 0 Å². The van der Waals surface area contributed by atoms with E-state index >= 15 is 0 Å².